The molecule has 0 aromatic heterocycles. The third kappa shape index (κ3) is 4.78. The lowest BCUT2D eigenvalue weighted by Gasteiger charge is -2.12. The quantitative estimate of drug-likeness (QED) is 0.811. The molecule has 0 fully saturated rings. The highest BCUT2D eigenvalue weighted by molar-refractivity contribution is 9.10. The van der Waals surface area contributed by atoms with E-state index in [1.54, 1.807) is 0 Å². The highest BCUT2D eigenvalue weighted by atomic mass is 79.9. The summed E-state index contributed by atoms with van der Waals surface area (Å²) in [6.07, 6.45) is 1.38. The zero-order chi connectivity index (χ0) is 13.5. The van der Waals surface area contributed by atoms with Crippen molar-refractivity contribution in [3.63, 3.8) is 0 Å². The average molecular weight is 314 g/mol. The molecule has 0 saturated heterocycles. The number of hydrogen-bond donors (Lipinski definition) is 1. The molecule has 0 bridgehead atoms. The third-order valence-electron chi connectivity index (χ3n) is 2.58. The molecule has 0 radical (unpaired) electrons. The number of carbonyl (C=O) groups excluding carboxylic acids is 1. The maximum Gasteiger partial charge on any atom is 0.226 e. The van der Waals surface area contributed by atoms with Crippen LogP contribution in [0.15, 0.2) is 16.6 Å². The first kappa shape index (κ1) is 15.2. The fraction of sp³-hybridized carbons (Fsp3) is 0.500. The molecule has 0 saturated carbocycles. The number of aryl methyl sites for hydroxylation is 2. The summed E-state index contributed by atoms with van der Waals surface area (Å²) in [5.74, 6) is -0.000347. The summed E-state index contributed by atoms with van der Waals surface area (Å²) < 4.78 is 6.33. The summed E-state index contributed by atoms with van der Waals surface area (Å²) in [7, 11) is 0. The highest BCUT2D eigenvalue weighted by Gasteiger charge is 2.08. The predicted octanol–water partition coefficient (Wildman–Crippen LogP) is 3.82. The van der Waals surface area contributed by atoms with Crippen molar-refractivity contribution < 1.29 is 9.53 Å². The molecular formula is C14H20BrNO2. The number of rotatable bonds is 6. The van der Waals surface area contributed by atoms with Crippen LogP contribution >= 0.6 is 15.9 Å². The van der Waals surface area contributed by atoms with Crippen LogP contribution in [0.1, 0.15) is 30.9 Å². The molecule has 0 atom stereocenters. The number of carbonyl (C=O) groups is 1. The predicted molar refractivity (Wildman–Crippen MR) is 78.0 cm³/mol. The van der Waals surface area contributed by atoms with Gasteiger partial charge in [-0.3, -0.25) is 4.79 Å². The van der Waals surface area contributed by atoms with Crippen LogP contribution in [0.25, 0.3) is 0 Å². The van der Waals surface area contributed by atoms with E-state index in [1.165, 1.54) is 0 Å². The summed E-state index contributed by atoms with van der Waals surface area (Å²) in [6, 6.07) is 3.99. The molecule has 1 amide bonds. The van der Waals surface area contributed by atoms with Gasteiger partial charge in [0.2, 0.25) is 5.91 Å². The Morgan fingerprint density at radius 1 is 1.28 bits per heavy atom. The third-order valence-corrected chi connectivity index (χ3v) is 3.04. The lowest BCUT2D eigenvalue weighted by Crippen LogP contribution is -2.15. The number of hydrogen-bond acceptors (Lipinski definition) is 2. The summed E-state index contributed by atoms with van der Waals surface area (Å²) in [6.45, 7) is 7.22. The molecule has 1 aromatic carbocycles. The van der Waals surface area contributed by atoms with Crippen molar-refractivity contribution in [2.75, 3.05) is 18.5 Å². The van der Waals surface area contributed by atoms with Crippen LogP contribution in [-0.2, 0) is 9.53 Å². The monoisotopic (exact) mass is 313 g/mol. The van der Waals surface area contributed by atoms with Gasteiger partial charge in [0, 0.05) is 16.8 Å². The SMILES string of the molecule is CCCOCCC(=O)Nc1c(C)cc(Br)cc1C. The fourth-order valence-electron chi connectivity index (χ4n) is 1.72. The summed E-state index contributed by atoms with van der Waals surface area (Å²) in [5, 5.41) is 2.94. The van der Waals surface area contributed by atoms with Crippen LogP contribution in [-0.4, -0.2) is 19.1 Å². The minimum atomic E-state index is -0.000347. The van der Waals surface area contributed by atoms with Crippen molar-refractivity contribution in [3.05, 3.63) is 27.7 Å². The van der Waals surface area contributed by atoms with Crippen LogP contribution in [0.2, 0.25) is 0 Å². The van der Waals surface area contributed by atoms with Gasteiger partial charge in [0.05, 0.1) is 13.0 Å². The zero-order valence-corrected chi connectivity index (χ0v) is 12.8. The molecule has 1 N–H and O–H groups in total. The Labute approximate surface area is 117 Å². The summed E-state index contributed by atoms with van der Waals surface area (Å²) in [5.41, 5.74) is 3.02. The largest absolute Gasteiger partial charge is 0.381 e. The van der Waals surface area contributed by atoms with Crippen LogP contribution in [0, 0.1) is 13.8 Å². The molecule has 1 aromatic rings. The summed E-state index contributed by atoms with van der Waals surface area (Å²) in [4.78, 5) is 11.8. The van der Waals surface area contributed by atoms with Gasteiger partial charge in [0.25, 0.3) is 0 Å². The number of halogens is 1. The molecular weight excluding hydrogens is 294 g/mol. The first-order chi connectivity index (χ1) is 8.54. The Balaban J connectivity index is 2.54. The normalized spacial score (nSPS) is 10.4. The van der Waals surface area contributed by atoms with Crippen molar-refractivity contribution >= 4 is 27.5 Å². The molecule has 0 aliphatic rings. The number of nitrogens with one attached hydrogen (secondary N) is 1. The lowest BCUT2D eigenvalue weighted by atomic mass is 10.1. The second-order valence-corrected chi connectivity index (χ2v) is 5.24. The van der Waals surface area contributed by atoms with E-state index >= 15 is 0 Å². The van der Waals surface area contributed by atoms with Gasteiger partial charge in [0.15, 0.2) is 0 Å². The van der Waals surface area contributed by atoms with E-state index in [0.29, 0.717) is 19.6 Å². The molecule has 0 spiro atoms. The second-order valence-electron chi connectivity index (χ2n) is 4.33. The molecule has 1 rings (SSSR count). The van der Waals surface area contributed by atoms with E-state index in [9.17, 15) is 4.79 Å². The van der Waals surface area contributed by atoms with Gasteiger partial charge in [-0.1, -0.05) is 22.9 Å². The Bertz CT molecular complexity index is 395. The lowest BCUT2D eigenvalue weighted by molar-refractivity contribution is -0.117. The summed E-state index contributed by atoms with van der Waals surface area (Å²) >= 11 is 3.44. The topological polar surface area (TPSA) is 38.3 Å². The molecule has 0 aliphatic carbocycles. The maximum absolute atomic E-state index is 11.8. The molecule has 100 valence electrons. The number of ether oxygens (including phenoxy) is 1. The number of benzene rings is 1. The zero-order valence-electron chi connectivity index (χ0n) is 11.2. The van der Waals surface area contributed by atoms with Crippen molar-refractivity contribution in [1.82, 2.24) is 0 Å². The van der Waals surface area contributed by atoms with E-state index < -0.39 is 0 Å². The van der Waals surface area contributed by atoms with Crippen LogP contribution in [0.5, 0.6) is 0 Å². The average Bonchev–Trinajstić information content (AvgIpc) is 2.29. The fourth-order valence-corrected chi connectivity index (χ4v) is 2.41. The van der Waals surface area contributed by atoms with E-state index in [-0.39, 0.29) is 5.91 Å². The van der Waals surface area contributed by atoms with E-state index in [2.05, 4.69) is 28.2 Å². The van der Waals surface area contributed by atoms with Crippen molar-refractivity contribution in [3.8, 4) is 0 Å². The van der Waals surface area contributed by atoms with E-state index in [1.807, 2.05) is 26.0 Å². The van der Waals surface area contributed by atoms with Crippen LogP contribution < -0.4 is 5.32 Å². The van der Waals surface area contributed by atoms with Gasteiger partial charge in [0.1, 0.15) is 0 Å². The molecule has 0 aliphatic heterocycles. The standard InChI is InChI=1S/C14H20BrNO2/c1-4-6-18-7-5-13(17)16-14-10(2)8-12(15)9-11(14)3/h8-9H,4-7H2,1-3H3,(H,16,17). The molecule has 0 unspecified atom stereocenters. The van der Waals surface area contributed by atoms with Crippen molar-refractivity contribution in [2.45, 2.75) is 33.6 Å². The minimum Gasteiger partial charge on any atom is -0.381 e. The Kier molecular flexibility index (Phi) is 6.36. The van der Waals surface area contributed by atoms with E-state index in [0.717, 1.165) is 27.7 Å². The molecule has 3 nitrogen and oxygen atoms in total. The van der Waals surface area contributed by atoms with Crippen LogP contribution in [0.4, 0.5) is 5.69 Å². The Hall–Kier alpha value is -0.870. The minimum absolute atomic E-state index is 0.000347. The number of anilines is 1. The highest BCUT2D eigenvalue weighted by Crippen LogP contribution is 2.25. The Morgan fingerprint density at radius 3 is 2.44 bits per heavy atom. The van der Waals surface area contributed by atoms with Crippen molar-refractivity contribution in [2.24, 2.45) is 0 Å². The molecule has 0 heterocycles. The first-order valence-electron chi connectivity index (χ1n) is 6.19. The van der Waals surface area contributed by atoms with Gasteiger partial charge in [-0.15, -0.1) is 0 Å². The van der Waals surface area contributed by atoms with Gasteiger partial charge >= 0.3 is 0 Å². The van der Waals surface area contributed by atoms with Gasteiger partial charge in [-0.2, -0.15) is 0 Å². The molecule has 4 heteroatoms. The van der Waals surface area contributed by atoms with Gasteiger partial charge in [-0.25, -0.2) is 0 Å². The number of amides is 1. The smallest absolute Gasteiger partial charge is 0.226 e. The van der Waals surface area contributed by atoms with Gasteiger partial charge < -0.3 is 10.1 Å². The van der Waals surface area contributed by atoms with Gasteiger partial charge in [-0.05, 0) is 43.5 Å². The molecule has 18 heavy (non-hydrogen) atoms. The maximum atomic E-state index is 11.8. The second kappa shape index (κ2) is 7.54. The van der Waals surface area contributed by atoms with Crippen molar-refractivity contribution in [1.29, 1.82) is 0 Å². The first-order valence-corrected chi connectivity index (χ1v) is 6.98. The Morgan fingerprint density at radius 2 is 1.89 bits per heavy atom. The van der Waals surface area contributed by atoms with E-state index in [4.69, 9.17) is 4.74 Å². The van der Waals surface area contributed by atoms with Crippen LogP contribution in [0.3, 0.4) is 0 Å².